The molecule has 8 rings (SSSR count). The molecule has 8 amide bonds. The van der Waals surface area contributed by atoms with Gasteiger partial charge in [-0.3, -0.25) is 77.6 Å². The first-order valence-corrected chi connectivity index (χ1v) is 44.9. The molecule has 8 saturated heterocycles. The van der Waals surface area contributed by atoms with Gasteiger partial charge in [0, 0.05) is 41.8 Å². The van der Waals surface area contributed by atoms with Gasteiger partial charge in [0.15, 0.2) is 0 Å². The highest BCUT2D eigenvalue weighted by Gasteiger charge is 2.37. The molecule has 0 aliphatic carbocycles. The fraction of sp³-hybridized carbons (Fsp3) is 0.890. The summed E-state index contributed by atoms with van der Waals surface area (Å²) in [7, 11) is 16.2. The van der Waals surface area contributed by atoms with E-state index in [1.165, 1.54) is 0 Å². The van der Waals surface area contributed by atoms with Crippen LogP contribution in [0.25, 0.3) is 0 Å². The first-order chi connectivity index (χ1) is 53.2. The molecule has 0 aromatic heterocycles. The highest BCUT2D eigenvalue weighted by molar-refractivity contribution is 5.86. The van der Waals surface area contributed by atoms with Crippen molar-refractivity contribution in [1.29, 1.82) is 0 Å². The smallest absolute Gasteiger partial charge is 0.238 e. The van der Waals surface area contributed by atoms with E-state index >= 15 is 0 Å². The van der Waals surface area contributed by atoms with Gasteiger partial charge in [0.25, 0.3) is 0 Å². The molecule has 0 spiro atoms. The van der Waals surface area contributed by atoms with E-state index in [2.05, 4.69) is 227 Å². The molecule has 8 heterocycles. The van der Waals surface area contributed by atoms with Crippen molar-refractivity contribution >= 4 is 47.3 Å². The maximum atomic E-state index is 12.0. The van der Waals surface area contributed by atoms with Crippen LogP contribution >= 0.6 is 0 Å². The molecule has 8 aliphatic rings. The van der Waals surface area contributed by atoms with Gasteiger partial charge in [0.2, 0.25) is 47.3 Å². The zero-order valence-electron chi connectivity index (χ0n) is 79.9. The van der Waals surface area contributed by atoms with Gasteiger partial charge in [-0.15, -0.1) is 6.58 Å². The predicted octanol–water partition coefficient (Wildman–Crippen LogP) is 11.2. The summed E-state index contributed by atoms with van der Waals surface area (Å²) in [4.78, 5) is 112. The summed E-state index contributed by atoms with van der Waals surface area (Å²) < 4.78 is 0. The zero-order valence-corrected chi connectivity index (χ0v) is 79.9. The number of likely N-dealkylation sites (N-methyl/N-ethyl adjacent to an activating group) is 8. The summed E-state index contributed by atoms with van der Waals surface area (Å²) in [6.07, 6.45) is 20.9. The lowest BCUT2D eigenvalue weighted by atomic mass is 9.88. The van der Waals surface area contributed by atoms with Crippen molar-refractivity contribution in [3.8, 4) is 0 Å². The minimum absolute atomic E-state index is 0.0502. The van der Waals surface area contributed by atoms with Crippen molar-refractivity contribution in [2.45, 2.75) is 384 Å². The minimum atomic E-state index is -0.305. The van der Waals surface area contributed by atoms with Crippen LogP contribution in [-0.2, 0) is 38.4 Å². The van der Waals surface area contributed by atoms with Crippen LogP contribution in [0.1, 0.15) is 289 Å². The fourth-order valence-electron chi connectivity index (χ4n) is 14.9. The third-order valence-electron chi connectivity index (χ3n) is 25.2. The fourth-order valence-corrected chi connectivity index (χ4v) is 14.9. The van der Waals surface area contributed by atoms with Gasteiger partial charge in [0.1, 0.15) is 0 Å². The lowest BCUT2D eigenvalue weighted by molar-refractivity contribution is -0.127. The number of nitrogens with zero attached hydrogens (tertiary/aromatic N) is 8. The second-order valence-corrected chi connectivity index (χ2v) is 40.1. The van der Waals surface area contributed by atoms with Gasteiger partial charge in [0.05, 0.1) is 53.9 Å². The van der Waals surface area contributed by atoms with Gasteiger partial charge in [-0.2, -0.15) is 0 Å². The number of carbonyl (C=O) groups excluding carboxylic acids is 8. The first-order valence-electron chi connectivity index (χ1n) is 44.9. The molecule has 8 fully saturated rings. The largest absolute Gasteiger partial charge is 0.352 e. The molecular weight excluding hydrogens is 1450 g/mol. The Morgan fingerprint density at radius 3 is 0.652 bits per heavy atom. The molecule has 115 heavy (non-hydrogen) atoms. The quantitative estimate of drug-likeness (QED) is 0.0469. The Balaban J connectivity index is 0.000000657. The topological polar surface area (TPSA) is 259 Å². The molecule has 0 bridgehead atoms. The second-order valence-electron chi connectivity index (χ2n) is 40.1. The van der Waals surface area contributed by atoms with Crippen molar-refractivity contribution in [3.05, 3.63) is 12.7 Å². The number of likely N-dealkylation sites (tertiary alicyclic amines) is 8. The summed E-state index contributed by atoms with van der Waals surface area (Å²) in [5.41, 5.74) is -0.152. The number of hydrogen-bond donors (Lipinski definition) is 8. The molecule has 0 aromatic carbocycles. The summed E-state index contributed by atoms with van der Waals surface area (Å²) in [5, 5.41) is 24.7. The van der Waals surface area contributed by atoms with Crippen LogP contribution in [0, 0.1) is 34.5 Å². The second kappa shape index (κ2) is 52.4. The maximum Gasteiger partial charge on any atom is 0.238 e. The van der Waals surface area contributed by atoms with E-state index in [4.69, 9.17) is 0 Å². The van der Waals surface area contributed by atoms with E-state index in [1.807, 2.05) is 91.0 Å². The van der Waals surface area contributed by atoms with E-state index in [-0.39, 0.29) is 142 Å². The first kappa shape index (κ1) is 108. The van der Waals surface area contributed by atoms with Crippen LogP contribution in [0.3, 0.4) is 0 Å². The van der Waals surface area contributed by atoms with Crippen LogP contribution in [-0.4, -0.2) is 291 Å². The molecule has 8 N–H and O–H groups in total. The van der Waals surface area contributed by atoms with Crippen LogP contribution in [0.15, 0.2) is 12.7 Å². The predicted molar refractivity (Wildman–Crippen MR) is 479 cm³/mol. The molecule has 14 atom stereocenters. The van der Waals surface area contributed by atoms with Gasteiger partial charge in [-0.25, -0.2) is 0 Å². The van der Waals surface area contributed by atoms with Gasteiger partial charge >= 0.3 is 0 Å². The average Bonchev–Trinajstić information content (AvgIpc) is 1.78. The van der Waals surface area contributed by atoms with E-state index in [0.29, 0.717) is 35.8 Å². The zero-order chi connectivity index (χ0) is 88.4. The average molecular weight is 1630 g/mol. The molecule has 672 valence electrons. The molecule has 24 heteroatoms. The number of nitrogens with one attached hydrogen (secondary N) is 8. The highest BCUT2D eigenvalue weighted by Crippen LogP contribution is 2.25. The van der Waals surface area contributed by atoms with Crippen LogP contribution in [0.4, 0.5) is 0 Å². The van der Waals surface area contributed by atoms with E-state index in [9.17, 15) is 38.4 Å². The SMILES string of the molecule is C=CC(C)(C)NC(=O)[C@@H]1CCCN1C.CC(C)[C@@H](C)NC(=O)[C@@H]1CCCN1C.CC(C)[C@H](C)NC(=O)[C@@H]1CCCN1C.CC[C@@H](NC(=O)[C@@H]1CCCN1C)C(C)C.CC[C@H](NC(=O)[C@@H]1CCCN1C)C(C)C.CN1CCC[C@H]1C(=O)NC(C)(C)C.C[C@@H](NC(=O)[C@@H]1CCCN1C)C(C)(C)C.C[C@H](NC(=O)[C@@H]1CCCN1C)C(C)(C)C. The Bertz CT molecular complexity index is 2650. The summed E-state index contributed by atoms with van der Waals surface area (Å²) in [6.45, 7) is 64.6. The van der Waals surface area contributed by atoms with Crippen LogP contribution in [0.2, 0.25) is 0 Å². The standard InChI is InChI=1S/4C12H24N2O.2C11H22N2O.C11H20N2O.C10H20N2O/c2*1-9(12(2,3)4)13-11(15)10-7-6-8-14(10)5;2*1-5-10(9(2)3)13-12(15)11-7-6-8-14(11)4;2*1-8(2)9(3)12-11(14)10-6-5-7-13(10)4;1-5-11(2,3)12-10(14)9-7-6-8-13(9)4;1-10(2,3)11-9(13)8-6-5-7-12(8)4/h2*9-10H,6-8H2,1-5H3,(H,13,15);2*9-11H,5-8H2,1-4H3,(H,13,15);2*8-10H,5-7H2,1-4H3,(H,12,14);5,9H,1,6-8H2,2-4H3,(H,12,14);8H,5-7H2,1-4H3,(H,11,13)/t9-,10+;9-,10-;10-,11+;10-,11-;9-,10+;9-,10-;9-;8-/m10101000/s1. The summed E-state index contributed by atoms with van der Waals surface area (Å²) >= 11 is 0. The number of carbonyl (C=O) groups is 8. The molecule has 0 aromatic rings. The molecule has 24 nitrogen and oxygen atoms in total. The molecule has 8 aliphatic heterocycles. The van der Waals surface area contributed by atoms with E-state index in [1.54, 1.807) is 6.08 Å². The van der Waals surface area contributed by atoms with Crippen molar-refractivity contribution in [2.75, 3.05) is 109 Å². The Labute approximate surface area is 704 Å². The van der Waals surface area contributed by atoms with Crippen molar-refractivity contribution < 1.29 is 38.4 Å². The number of rotatable bonds is 22. The van der Waals surface area contributed by atoms with Crippen LogP contribution < -0.4 is 42.5 Å². The van der Waals surface area contributed by atoms with Crippen molar-refractivity contribution in [1.82, 2.24) is 81.7 Å². The summed E-state index contributed by atoms with van der Waals surface area (Å²) in [6, 6.07) is 2.41. The summed E-state index contributed by atoms with van der Waals surface area (Å²) in [5.74, 6) is 3.56. The monoisotopic (exact) mass is 1630 g/mol. The van der Waals surface area contributed by atoms with Crippen molar-refractivity contribution in [2.24, 2.45) is 34.5 Å². The van der Waals surface area contributed by atoms with Gasteiger partial charge in [-0.1, -0.05) is 117 Å². The normalized spacial score (nSPS) is 24.8. The van der Waals surface area contributed by atoms with Gasteiger partial charge in [-0.05, 0) is 321 Å². The lowest BCUT2D eigenvalue weighted by Gasteiger charge is -2.30. The number of hydrogen-bond acceptors (Lipinski definition) is 16. The van der Waals surface area contributed by atoms with Gasteiger partial charge < -0.3 is 42.5 Å². The van der Waals surface area contributed by atoms with Crippen molar-refractivity contribution in [3.63, 3.8) is 0 Å². The number of amides is 8. The highest BCUT2D eigenvalue weighted by atomic mass is 16.2. The Morgan fingerprint density at radius 2 is 0.496 bits per heavy atom. The van der Waals surface area contributed by atoms with Crippen LogP contribution in [0.5, 0.6) is 0 Å². The lowest BCUT2D eigenvalue weighted by Crippen LogP contribution is -2.49. The third kappa shape index (κ3) is 40.4. The van der Waals surface area contributed by atoms with E-state index < -0.39 is 0 Å². The molecular formula is C91H180N16O8. The molecule has 0 saturated carbocycles. The van der Waals surface area contributed by atoms with E-state index in [0.717, 1.165) is 168 Å². The minimum Gasteiger partial charge on any atom is -0.352 e. The molecule has 0 radical (unpaired) electrons. The Morgan fingerprint density at radius 1 is 0.304 bits per heavy atom. The Kier molecular flexibility index (Phi) is 49.3. The Hall–Kier alpha value is -4.82. The maximum absolute atomic E-state index is 12.0. The molecule has 0 unspecified atom stereocenters. The third-order valence-corrected chi connectivity index (χ3v) is 25.2.